The number of rotatable bonds is 4. The third-order valence-electron chi connectivity index (χ3n) is 2.29. The largest absolute Gasteiger partial charge is 0.399 e. The average Bonchev–Trinajstić information content (AvgIpc) is 2.37. The molecule has 0 saturated carbocycles. The lowest BCUT2D eigenvalue weighted by Gasteiger charge is -2.07. The predicted octanol–water partition coefficient (Wildman–Crippen LogP) is 0.676. The number of hydrogen-bond acceptors (Lipinski definition) is 5. The summed E-state index contributed by atoms with van der Waals surface area (Å²) in [5.41, 5.74) is 5.96. The van der Waals surface area contributed by atoms with E-state index in [0.29, 0.717) is 5.69 Å². The van der Waals surface area contributed by atoms with Crippen LogP contribution < -0.4 is 10.5 Å². The highest BCUT2D eigenvalue weighted by Crippen LogP contribution is 2.15. The van der Waals surface area contributed by atoms with Crippen molar-refractivity contribution in [2.24, 2.45) is 0 Å². The van der Waals surface area contributed by atoms with E-state index >= 15 is 0 Å². The molecule has 1 aromatic heterocycles. The number of anilines is 1. The van der Waals surface area contributed by atoms with Gasteiger partial charge in [-0.3, -0.25) is 0 Å². The molecule has 100 valence electrons. The minimum Gasteiger partial charge on any atom is -0.399 e. The molecule has 2 rings (SSSR count). The fourth-order valence-corrected chi connectivity index (χ4v) is 2.48. The molecule has 0 aliphatic carbocycles. The third kappa shape index (κ3) is 3.46. The summed E-state index contributed by atoms with van der Waals surface area (Å²) in [5.74, 6) is -0.706. The first kappa shape index (κ1) is 13.4. The number of aromatic nitrogens is 2. The van der Waals surface area contributed by atoms with Gasteiger partial charge in [0, 0.05) is 11.9 Å². The maximum Gasteiger partial charge on any atom is 0.241 e. The first-order chi connectivity index (χ1) is 8.97. The zero-order valence-corrected chi connectivity index (χ0v) is 10.6. The number of nitrogen functional groups attached to an aromatic ring is 1. The Balaban J connectivity index is 2.19. The van der Waals surface area contributed by atoms with E-state index < -0.39 is 15.8 Å². The number of nitrogens with one attached hydrogen (secondary N) is 1. The number of nitrogens with zero attached hydrogens (tertiary/aromatic N) is 2. The molecule has 19 heavy (non-hydrogen) atoms. The van der Waals surface area contributed by atoms with Crippen molar-refractivity contribution in [3.05, 3.63) is 48.3 Å². The molecule has 6 nitrogen and oxygen atoms in total. The predicted molar refractivity (Wildman–Crippen MR) is 66.9 cm³/mol. The van der Waals surface area contributed by atoms with Gasteiger partial charge in [-0.2, -0.15) is 0 Å². The van der Waals surface area contributed by atoms with Crippen LogP contribution in [0.2, 0.25) is 0 Å². The molecule has 2 aromatic rings. The van der Waals surface area contributed by atoms with Crippen molar-refractivity contribution in [2.45, 2.75) is 11.4 Å². The average molecular weight is 282 g/mol. The van der Waals surface area contributed by atoms with Crippen molar-refractivity contribution in [3.63, 3.8) is 0 Å². The van der Waals surface area contributed by atoms with Crippen LogP contribution in [0.3, 0.4) is 0 Å². The minimum absolute atomic E-state index is 0.0126. The second kappa shape index (κ2) is 5.29. The second-order valence-corrected chi connectivity index (χ2v) is 5.51. The zero-order chi connectivity index (χ0) is 13.9. The molecule has 0 aliphatic rings. The van der Waals surface area contributed by atoms with E-state index in [9.17, 15) is 12.8 Å². The summed E-state index contributed by atoms with van der Waals surface area (Å²) >= 11 is 0. The highest BCUT2D eigenvalue weighted by molar-refractivity contribution is 7.89. The maximum atomic E-state index is 13.1. The summed E-state index contributed by atoms with van der Waals surface area (Å²) in [5, 5.41) is 0. The minimum atomic E-state index is -3.83. The Morgan fingerprint density at radius 3 is 2.74 bits per heavy atom. The molecule has 0 unspecified atom stereocenters. The first-order valence-electron chi connectivity index (χ1n) is 5.28. The van der Waals surface area contributed by atoms with Crippen LogP contribution in [0.4, 0.5) is 10.1 Å². The number of benzene rings is 1. The molecule has 3 N–H and O–H groups in total. The van der Waals surface area contributed by atoms with Gasteiger partial charge < -0.3 is 5.73 Å². The lowest BCUT2D eigenvalue weighted by molar-refractivity contribution is 0.576. The number of nitrogens with two attached hydrogens (primary N) is 1. The Bertz CT molecular complexity index is 656. The summed E-state index contributed by atoms with van der Waals surface area (Å²) < 4.78 is 39.3. The molecule has 1 heterocycles. The van der Waals surface area contributed by atoms with Gasteiger partial charge >= 0.3 is 0 Å². The van der Waals surface area contributed by atoms with Gasteiger partial charge in [-0.25, -0.2) is 27.5 Å². The van der Waals surface area contributed by atoms with Gasteiger partial charge in [0.2, 0.25) is 10.0 Å². The molecular weight excluding hydrogens is 271 g/mol. The Morgan fingerprint density at radius 1 is 1.32 bits per heavy atom. The Labute approximate surface area is 109 Å². The molecule has 0 saturated heterocycles. The smallest absolute Gasteiger partial charge is 0.241 e. The fraction of sp³-hybridized carbons (Fsp3) is 0.0909. The van der Waals surface area contributed by atoms with E-state index in [4.69, 9.17) is 5.73 Å². The number of halogens is 1. The third-order valence-corrected chi connectivity index (χ3v) is 3.67. The van der Waals surface area contributed by atoms with Gasteiger partial charge in [0.15, 0.2) is 0 Å². The monoisotopic (exact) mass is 282 g/mol. The second-order valence-electron chi connectivity index (χ2n) is 3.75. The van der Waals surface area contributed by atoms with E-state index in [1.165, 1.54) is 18.6 Å². The SMILES string of the molecule is Nc1cc(F)cc(S(=O)(=O)NCc2ccncn2)c1. The van der Waals surface area contributed by atoms with Crippen LogP contribution in [0.15, 0.2) is 41.7 Å². The van der Waals surface area contributed by atoms with Gasteiger partial charge in [0.05, 0.1) is 17.1 Å². The van der Waals surface area contributed by atoms with Crippen molar-refractivity contribution in [3.8, 4) is 0 Å². The number of hydrogen-bond donors (Lipinski definition) is 2. The number of sulfonamides is 1. The lowest BCUT2D eigenvalue weighted by Crippen LogP contribution is -2.24. The van der Waals surface area contributed by atoms with Gasteiger partial charge in [-0.15, -0.1) is 0 Å². The van der Waals surface area contributed by atoms with Crippen LogP contribution in [0.5, 0.6) is 0 Å². The molecular formula is C11H11FN4O2S. The van der Waals surface area contributed by atoms with Crippen LogP contribution in [0, 0.1) is 5.82 Å². The zero-order valence-electron chi connectivity index (χ0n) is 9.75. The normalized spacial score (nSPS) is 11.4. The van der Waals surface area contributed by atoms with Crippen molar-refractivity contribution >= 4 is 15.7 Å². The first-order valence-corrected chi connectivity index (χ1v) is 6.76. The molecule has 8 heteroatoms. The van der Waals surface area contributed by atoms with Crippen molar-refractivity contribution in [1.82, 2.24) is 14.7 Å². The molecule has 1 aromatic carbocycles. The van der Waals surface area contributed by atoms with Gasteiger partial charge in [0.1, 0.15) is 12.1 Å². The molecule has 0 radical (unpaired) electrons. The quantitative estimate of drug-likeness (QED) is 0.803. The fourth-order valence-electron chi connectivity index (χ4n) is 1.41. The summed E-state index contributed by atoms with van der Waals surface area (Å²) in [7, 11) is -3.83. The Kier molecular flexibility index (Phi) is 3.72. The van der Waals surface area contributed by atoms with Crippen molar-refractivity contribution in [2.75, 3.05) is 5.73 Å². The van der Waals surface area contributed by atoms with E-state index in [2.05, 4.69) is 14.7 Å². The van der Waals surface area contributed by atoms with Crippen LogP contribution >= 0.6 is 0 Å². The summed E-state index contributed by atoms with van der Waals surface area (Å²) in [6.07, 6.45) is 2.81. The topological polar surface area (TPSA) is 98.0 Å². The highest BCUT2D eigenvalue weighted by atomic mass is 32.2. The van der Waals surface area contributed by atoms with E-state index in [-0.39, 0.29) is 17.1 Å². The van der Waals surface area contributed by atoms with E-state index in [1.54, 1.807) is 6.07 Å². The van der Waals surface area contributed by atoms with E-state index in [1.807, 2.05) is 0 Å². The van der Waals surface area contributed by atoms with E-state index in [0.717, 1.165) is 12.1 Å². The van der Waals surface area contributed by atoms with Crippen molar-refractivity contribution in [1.29, 1.82) is 0 Å². The lowest BCUT2D eigenvalue weighted by atomic mass is 10.3. The highest BCUT2D eigenvalue weighted by Gasteiger charge is 2.15. The van der Waals surface area contributed by atoms with Crippen LogP contribution in [-0.2, 0) is 16.6 Å². The Morgan fingerprint density at radius 2 is 2.11 bits per heavy atom. The molecule has 0 amide bonds. The molecule has 0 atom stereocenters. The van der Waals surface area contributed by atoms with Crippen molar-refractivity contribution < 1.29 is 12.8 Å². The van der Waals surface area contributed by atoms with Crippen LogP contribution in [0.25, 0.3) is 0 Å². The van der Waals surface area contributed by atoms with Gasteiger partial charge in [-0.1, -0.05) is 0 Å². The summed E-state index contributed by atoms with van der Waals surface area (Å²) in [4.78, 5) is 7.37. The Hall–Kier alpha value is -2.06. The van der Waals surface area contributed by atoms with Crippen LogP contribution in [-0.4, -0.2) is 18.4 Å². The van der Waals surface area contributed by atoms with Gasteiger partial charge in [-0.05, 0) is 24.3 Å². The van der Waals surface area contributed by atoms with Crippen LogP contribution in [0.1, 0.15) is 5.69 Å². The molecule has 0 bridgehead atoms. The maximum absolute atomic E-state index is 13.1. The standard InChI is InChI=1S/C11H11FN4O2S/c12-8-3-9(13)5-11(4-8)19(17,18)16-6-10-1-2-14-7-15-10/h1-5,7,16H,6,13H2. The molecule has 0 spiro atoms. The molecule has 0 aliphatic heterocycles. The van der Waals surface area contributed by atoms with Gasteiger partial charge in [0.25, 0.3) is 0 Å². The molecule has 0 fully saturated rings. The summed E-state index contributed by atoms with van der Waals surface area (Å²) in [6, 6.07) is 4.70. The summed E-state index contributed by atoms with van der Waals surface area (Å²) in [6.45, 7) is -0.0126.